The van der Waals surface area contributed by atoms with Crippen LogP contribution in [0.5, 0.6) is 0 Å². The van der Waals surface area contributed by atoms with Gasteiger partial charge >= 0.3 is 0 Å². The first-order valence-electron chi connectivity index (χ1n) is 5.64. The normalized spacial score (nSPS) is 19.3. The van der Waals surface area contributed by atoms with E-state index >= 15 is 0 Å². The summed E-state index contributed by atoms with van der Waals surface area (Å²) >= 11 is 0. The maximum atomic E-state index is 11.8. The van der Waals surface area contributed by atoms with Crippen molar-refractivity contribution >= 4 is 5.91 Å². The van der Waals surface area contributed by atoms with Gasteiger partial charge in [0, 0.05) is 38.1 Å². The van der Waals surface area contributed by atoms with Gasteiger partial charge in [-0.25, -0.2) is 0 Å². The Morgan fingerprint density at radius 1 is 1.27 bits per heavy atom. The fourth-order valence-corrected chi connectivity index (χ4v) is 1.64. The standard InChI is InChI=1S/C11H23N3O/c1-11(2,12)5-4-10(15)14-8-6-13(3)7-9-14/h4-9,12H2,1-3H3. The third-order valence-corrected chi connectivity index (χ3v) is 2.84. The monoisotopic (exact) mass is 213 g/mol. The molecule has 0 spiro atoms. The van der Waals surface area contributed by atoms with E-state index in [4.69, 9.17) is 5.73 Å². The number of carbonyl (C=O) groups excluding carboxylic acids is 1. The lowest BCUT2D eigenvalue weighted by atomic mass is 9.99. The van der Waals surface area contributed by atoms with Crippen LogP contribution in [0, 0.1) is 0 Å². The molecule has 0 aromatic carbocycles. The van der Waals surface area contributed by atoms with Crippen molar-refractivity contribution in [3.63, 3.8) is 0 Å². The van der Waals surface area contributed by atoms with Crippen molar-refractivity contribution in [1.29, 1.82) is 0 Å². The average Bonchev–Trinajstić information content (AvgIpc) is 2.14. The molecule has 1 rings (SSSR count). The molecule has 1 saturated heterocycles. The summed E-state index contributed by atoms with van der Waals surface area (Å²) in [6.07, 6.45) is 1.34. The summed E-state index contributed by atoms with van der Waals surface area (Å²) in [7, 11) is 2.09. The number of rotatable bonds is 3. The number of hydrogen-bond acceptors (Lipinski definition) is 3. The summed E-state index contributed by atoms with van der Waals surface area (Å²) in [4.78, 5) is 16.0. The highest BCUT2D eigenvalue weighted by atomic mass is 16.2. The van der Waals surface area contributed by atoms with Crippen LogP contribution < -0.4 is 5.73 Å². The SMILES string of the molecule is CN1CCN(C(=O)CCC(C)(C)N)CC1. The molecule has 1 heterocycles. The number of hydrogen-bond donors (Lipinski definition) is 1. The number of nitrogens with two attached hydrogens (primary N) is 1. The Kier molecular flexibility index (Phi) is 4.11. The third kappa shape index (κ3) is 4.62. The Labute approximate surface area is 92.4 Å². The van der Waals surface area contributed by atoms with E-state index in [1.165, 1.54) is 0 Å². The fourth-order valence-electron chi connectivity index (χ4n) is 1.64. The van der Waals surface area contributed by atoms with Gasteiger partial charge in [-0.15, -0.1) is 0 Å². The van der Waals surface area contributed by atoms with Crippen molar-refractivity contribution in [2.45, 2.75) is 32.2 Å². The number of piperazine rings is 1. The van der Waals surface area contributed by atoms with Gasteiger partial charge in [0.05, 0.1) is 0 Å². The molecule has 0 saturated carbocycles. The van der Waals surface area contributed by atoms with Gasteiger partial charge in [0.25, 0.3) is 0 Å². The van der Waals surface area contributed by atoms with Crippen LogP contribution in [-0.4, -0.2) is 54.5 Å². The van der Waals surface area contributed by atoms with E-state index in [1.54, 1.807) is 0 Å². The minimum Gasteiger partial charge on any atom is -0.340 e. The Morgan fingerprint density at radius 3 is 2.27 bits per heavy atom. The summed E-state index contributed by atoms with van der Waals surface area (Å²) < 4.78 is 0. The van der Waals surface area contributed by atoms with Gasteiger partial charge in [-0.05, 0) is 27.3 Å². The lowest BCUT2D eigenvalue weighted by Gasteiger charge is -2.33. The maximum absolute atomic E-state index is 11.8. The molecule has 0 aliphatic carbocycles. The van der Waals surface area contributed by atoms with Gasteiger partial charge in [0.15, 0.2) is 0 Å². The Hall–Kier alpha value is -0.610. The summed E-state index contributed by atoms with van der Waals surface area (Å²) in [5, 5.41) is 0. The number of likely N-dealkylation sites (N-methyl/N-ethyl adjacent to an activating group) is 1. The van der Waals surface area contributed by atoms with Crippen molar-refractivity contribution in [3.05, 3.63) is 0 Å². The minimum absolute atomic E-state index is 0.234. The molecule has 2 N–H and O–H groups in total. The molecule has 0 unspecified atom stereocenters. The molecule has 0 aromatic rings. The third-order valence-electron chi connectivity index (χ3n) is 2.84. The van der Waals surface area contributed by atoms with E-state index < -0.39 is 0 Å². The number of carbonyl (C=O) groups is 1. The zero-order chi connectivity index (χ0) is 11.5. The van der Waals surface area contributed by atoms with Crippen molar-refractivity contribution in [3.8, 4) is 0 Å². The van der Waals surface area contributed by atoms with Gasteiger partial charge in [-0.2, -0.15) is 0 Å². The lowest BCUT2D eigenvalue weighted by molar-refractivity contribution is -0.133. The zero-order valence-corrected chi connectivity index (χ0v) is 10.1. The summed E-state index contributed by atoms with van der Waals surface area (Å²) in [6, 6.07) is 0. The quantitative estimate of drug-likeness (QED) is 0.732. The van der Waals surface area contributed by atoms with Gasteiger partial charge in [-0.1, -0.05) is 0 Å². The highest BCUT2D eigenvalue weighted by Crippen LogP contribution is 2.10. The van der Waals surface area contributed by atoms with Gasteiger partial charge in [0.1, 0.15) is 0 Å². The van der Waals surface area contributed by atoms with Crippen LogP contribution in [0.1, 0.15) is 26.7 Å². The molecule has 1 aliphatic heterocycles. The van der Waals surface area contributed by atoms with Crippen LogP contribution in [0.3, 0.4) is 0 Å². The van der Waals surface area contributed by atoms with E-state index in [0.29, 0.717) is 6.42 Å². The van der Waals surface area contributed by atoms with Gasteiger partial charge in [0.2, 0.25) is 5.91 Å². The van der Waals surface area contributed by atoms with Crippen LogP contribution in [0.25, 0.3) is 0 Å². The van der Waals surface area contributed by atoms with E-state index in [2.05, 4.69) is 11.9 Å². The van der Waals surface area contributed by atoms with E-state index in [-0.39, 0.29) is 11.4 Å². The molecule has 88 valence electrons. The predicted octanol–water partition coefficient (Wildman–Crippen LogP) is 0.278. The molecule has 4 heteroatoms. The van der Waals surface area contributed by atoms with E-state index in [1.807, 2.05) is 18.7 Å². The Balaban J connectivity index is 2.29. The molecule has 0 aromatic heterocycles. The van der Waals surface area contributed by atoms with Crippen molar-refractivity contribution in [2.24, 2.45) is 5.73 Å². The van der Waals surface area contributed by atoms with E-state index in [9.17, 15) is 4.79 Å². The summed E-state index contributed by atoms with van der Waals surface area (Å²) in [5.74, 6) is 0.252. The summed E-state index contributed by atoms with van der Waals surface area (Å²) in [5.41, 5.74) is 5.62. The number of amides is 1. The maximum Gasteiger partial charge on any atom is 0.222 e. The van der Waals surface area contributed by atoms with Crippen molar-refractivity contribution < 1.29 is 4.79 Å². The molecule has 4 nitrogen and oxygen atoms in total. The molecule has 0 bridgehead atoms. The highest BCUT2D eigenvalue weighted by molar-refractivity contribution is 5.76. The molecule has 1 aliphatic rings. The molecule has 0 radical (unpaired) electrons. The first-order valence-corrected chi connectivity index (χ1v) is 5.64. The van der Waals surface area contributed by atoms with Crippen molar-refractivity contribution in [1.82, 2.24) is 9.80 Å². The lowest BCUT2D eigenvalue weighted by Crippen LogP contribution is -2.47. The second-order valence-electron chi connectivity index (χ2n) is 5.17. The minimum atomic E-state index is -0.234. The highest BCUT2D eigenvalue weighted by Gasteiger charge is 2.20. The second kappa shape index (κ2) is 4.94. The largest absolute Gasteiger partial charge is 0.340 e. The fraction of sp³-hybridized carbons (Fsp3) is 0.909. The smallest absolute Gasteiger partial charge is 0.222 e. The topological polar surface area (TPSA) is 49.6 Å². The van der Waals surface area contributed by atoms with Crippen LogP contribution in [0.15, 0.2) is 0 Å². The summed E-state index contributed by atoms with van der Waals surface area (Å²) in [6.45, 7) is 7.62. The molecular weight excluding hydrogens is 190 g/mol. The molecule has 0 atom stereocenters. The van der Waals surface area contributed by atoms with Crippen LogP contribution in [-0.2, 0) is 4.79 Å². The van der Waals surface area contributed by atoms with E-state index in [0.717, 1.165) is 32.6 Å². The molecule has 1 amide bonds. The van der Waals surface area contributed by atoms with Gasteiger partial charge < -0.3 is 15.5 Å². The average molecular weight is 213 g/mol. The van der Waals surface area contributed by atoms with Crippen LogP contribution in [0.4, 0.5) is 0 Å². The first-order chi connectivity index (χ1) is 6.88. The Morgan fingerprint density at radius 2 is 1.80 bits per heavy atom. The van der Waals surface area contributed by atoms with Crippen molar-refractivity contribution in [2.75, 3.05) is 33.2 Å². The molecule has 1 fully saturated rings. The number of nitrogens with zero attached hydrogens (tertiary/aromatic N) is 2. The molecule has 15 heavy (non-hydrogen) atoms. The Bertz CT molecular complexity index is 214. The van der Waals surface area contributed by atoms with Gasteiger partial charge in [-0.3, -0.25) is 4.79 Å². The van der Waals surface area contributed by atoms with Crippen LogP contribution >= 0.6 is 0 Å². The van der Waals surface area contributed by atoms with Crippen LogP contribution in [0.2, 0.25) is 0 Å². The molecular formula is C11H23N3O. The zero-order valence-electron chi connectivity index (χ0n) is 10.1. The second-order valence-corrected chi connectivity index (χ2v) is 5.17. The predicted molar refractivity (Wildman–Crippen MR) is 61.6 cm³/mol. The first kappa shape index (κ1) is 12.5.